The van der Waals surface area contributed by atoms with E-state index in [9.17, 15) is 9.18 Å². The smallest absolute Gasteiger partial charge is 0.237 e. The Morgan fingerprint density at radius 3 is 2.60 bits per heavy atom. The van der Waals surface area contributed by atoms with Crippen LogP contribution in [-0.2, 0) is 11.3 Å². The van der Waals surface area contributed by atoms with Crippen LogP contribution in [0.4, 0.5) is 4.39 Å². The van der Waals surface area contributed by atoms with Gasteiger partial charge in [-0.1, -0.05) is 0 Å². The average Bonchev–Trinajstić information content (AvgIpc) is 3.19. The minimum absolute atomic E-state index is 0.0195. The number of aromatic nitrogens is 1. The zero-order chi connectivity index (χ0) is 18.0. The number of amides is 1. The van der Waals surface area contributed by atoms with Gasteiger partial charge in [-0.2, -0.15) is 0 Å². The summed E-state index contributed by atoms with van der Waals surface area (Å²) in [6.07, 6.45) is 0. The number of nitrogens with one attached hydrogen (secondary N) is 3. The number of carbonyl (C=O) groups is 1. The van der Waals surface area contributed by atoms with E-state index >= 15 is 0 Å². The molecule has 1 aromatic heterocycles. The number of carbonyl (C=O) groups excluding carboxylic acids is 1. The highest BCUT2D eigenvalue weighted by molar-refractivity contribution is 7.09. The van der Waals surface area contributed by atoms with Crippen molar-refractivity contribution in [3.63, 3.8) is 0 Å². The van der Waals surface area contributed by atoms with Crippen LogP contribution in [0.1, 0.15) is 18.9 Å². The lowest BCUT2D eigenvalue weighted by atomic mass is 9.88. The number of halogens is 1. The van der Waals surface area contributed by atoms with Crippen molar-refractivity contribution >= 4 is 17.2 Å². The van der Waals surface area contributed by atoms with Gasteiger partial charge in [-0.05, 0) is 38.1 Å². The van der Waals surface area contributed by atoms with E-state index in [0.717, 1.165) is 16.3 Å². The van der Waals surface area contributed by atoms with Gasteiger partial charge in [0.2, 0.25) is 5.91 Å². The van der Waals surface area contributed by atoms with Crippen molar-refractivity contribution in [1.82, 2.24) is 21.2 Å². The highest BCUT2D eigenvalue weighted by Gasteiger charge is 2.37. The first-order valence-electron chi connectivity index (χ1n) is 8.20. The number of hydrogen-bond acceptors (Lipinski definition) is 6. The first-order valence-corrected chi connectivity index (χ1v) is 9.08. The van der Waals surface area contributed by atoms with Gasteiger partial charge in [-0.15, -0.1) is 11.3 Å². The molecule has 3 atom stereocenters. The van der Waals surface area contributed by atoms with E-state index in [0.29, 0.717) is 6.54 Å². The number of nitrogens with zero attached hydrogens (tertiary/aromatic N) is 1. The van der Waals surface area contributed by atoms with Crippen molar-refractivity contribution in [1.29, 1.82) is 0 Å². The van der Waals surface area contributed by atoms with Crippen molar-refractivity contribution in [2.24, 2.45) is 11.7 Å². The molecule has 2 heterocycles. The predicted octanol–water partition coefficient (Wildman–Crippen LogP) is 1.39. The summed E-state index contributed by atoms with van der Waals surface area (Å²) in [6.45, 7) is 4.34. The Morgan fingerprint density at radius 1 is 1.32 bits per heavy atom. The van der Waals surface area contributed by atoms with Gasteiger partial charge in [-0.25, -0.2) is 9.37 Å². The number of benzene rings is 1. The molecule has 8 heteroatoms. The van der Waals surface area contributed by atoms with Crippen LogP contribution in [0.3, 0.4) is 0 Å². The maximum Gasteiger partial charge on any atom is 0.237 e. The Kier molecular flexibility index (Phi) is 5.43. The molecular weight excluding hydrogens is 341 g/mol. The van der Waals surface area contributed by atoms with Crippen LogP contribution in [0.15, 0.2) is 29.6 Å². The fourth-order valence-electron chi connectivity index (χ4n) is 3.11. The monoisotopic (exact) mass is 363 g/mol. The summed E-state index contributed by atoms with van der Waals surface area (Å²) >= 11 is 1.45. The number of nitrogens with two attached hydrogens (primary N) is 1. The largest absolute Gasteiger partial charge is 0.348 e. The van der Waals surface area contributed by atoms with E-state index < -0.39 is 6.04 Å². The van der Waals surface area contributed by atoms with Gasteiger partial charge in [0, 0.05) is 28.9 Å². The molecule has 6 nitrogen and oxygen atoms in total. The zero-order valence-electron chi connectivity index (χ0n) is 14.1. The Balaban J connectivity index is 1.58. The van der Waals surface area contributed by atoms with E-state index in [-0.39, 0.29) is 29.7 Å². The molecule has 0 radical (unpaired) electrons. The van der Waals surface area contributed by atoms with Crippen molar-refractivity contribution in [3.05, 3.63) is 40.5 Å². The molecular formula is C17H22FN5OS. The Hall–Kier alpha value is -1.87. The molecule has 1 aromatic carbocycles. The molecule has 0 bridgehead atoms. The van der Waals surface area contributed by atoms with Crippen molar-refractivity contribution < 1.29 is 9.18 Å². The third-order valence-electron chi connectivity index (χ3n) is 4.52. The Morgan fingerprint density at radius 2 is 1.96 bits per heavy atom. The molecule has 5 N–H and O–H groups in total. The molecule has 0 aliphatic carbocycles. The van der Waals surface area contributed by atoms with Gasteiger partial charge in [-0.3, -0.25) is 15.6 Å². The maximum atomic E-state index is 13.0. The fraction of sp³-hybridized carbons (Fsp3) is 0.412. The highest BCUT2D eigenvalue weighted by atomic mass is 32.1. The van der Waals surface area contributed by atoms with Gasteiger partial charge in [0.1, 0.15) is 10.8 Å². The van der Waals surface area contributed by atoms with Crippen LogP contribution >= 0.6 is 11.3 Å². The molecule has 1 aliphatic rings. The summed E-state index contributed by atoms with van der Waals surface area (Å²) in [5.74, 6) is -0.446. The summed E-state index contributed by atoms with van der Waals surface area (Å²) in [5, 5.41) is 5.53. The lowest BCUT2D eigenvalue weighted by molar-refractivity contribution is -0.123. The lowest BCUT2D eigenvalue weighted by Crippen LogP contribution is -2.50. The van der Waals surface area contributed by atoms with Crippen LogP contribution in [0.5, 0.6) is 0 Å². The van der Waals surface area contributed by atoms with Crippen molar-refractivity contribution in [3.8, 4) is 11.3 Å². The van der Waals surface area contributed by atoms with Gasteiger partial charge >= 0.3 is 0 Å². The minimum atomic E-state index is -0.593. The van der Waals surface area contributed by atoms with Crippen LogP contribution in [0, 0.1) is 11.7 Å². The third-order valence-corrected chi connectivity index (χ3v) is 5.37. The SMILES string of the molecule is CC1NNC(C)C1C(N)C(=O)NCc1nc(-c2ccc(F)cc2)cs1. The van der Waals surface area contributed by atoms with Crippen molar-refractivity contribution in [2.75, 3.05) is 0 Å². The van der Waals surface area contributed by atoms with Gasteiger partial charge in [0.05, 0.1) is 18.3 Å². The molecule has 0 saturated carbocycles. The summed E-state index contributed by atoms with van der Waals surface area (Å²) in [4.78, 5) is 16.8. The number of hydrazine groups is 1. The third kappa shape index (κ3) is 4.04. The summed E-state index contributed by atoms with van der Waals surface area (Å²) in [7, 11) is 0. The van der Waals surface area contributed by atoms with Gasteiger partial charge in [0.15, 0.2) is 0 Å². The molecule has 1 saturated heterocycles. The first-order chi connectivity index (χ1) is 12.0. The van der Waals surface area contributed by atoms with Crippen molar-refractivity contribution in [2.45, 2.75) is 38.5 Å². The van der Waals surface area contributed by atoms with E-state index in [2.05, 4.69) is 21.2 Å². The average molecular weight is 363 g/mol. The van der Waals surface area contributed by atoms with Crippen LogP contribution in [0.2, 0.25) is 0 Å². The first kappa shape index (κ1) is 17.9. The fourth-order valence-corrected chi connectivity index (χ4v) is 3.85. The van der Waals surface area contributed by atoms with Gasteiger partial charge < -0.3 is 11.1 Å². The second-order valence-corrected chi connectivity index (χ2v) is 7.26. The quantitative estimate of drug-likeness (QED) is 0.644. The van der Waals surface area contributed by atoms with Crippen LogP contribution in [0.25, 0.3) is 11.3 Å². The predicted molar refractivity (Wildman–Crippen MR) is 96.0 cm³/mol. The van der Waals surface area contributed by atoms with Gasteiger partial charge in [0.25, 0.3) is 0 Å². The molecule has 0 spiro atoms. The zero-order valence-corrected chi connectivity index (χ0v) is 14.9. The molecule has 1 aliphatic heterocycles. The number of rotatable bonds is 5. The molecule has 25 heavy (non-hydrogen) atoms. The normalized spacial score (nSPS) is 24.2. The standard InChI is InChI=1S/C17H22FN5OS/c1-9-15(10(2)23-22-9)16(19)17(24)20-7-14-21-13(8-25-14)11-3-5-12(18)6-4-11/h3-6,8-10,15-16,22-23H,7,19H2,1-2H3,(H,20,24). The molecule has 1 amide bonds. The molecule has 134 valence electrons. The number of thiazole rings is 1. The molecule has 2 aromatic rings. The molecule has 1 fully saturated rings. The highest BCUT2D eigenvalue weighted by Crippen LogP contribution is 2.22. The number of hydrogen-bond donors (Lipinski definition) is 4. The van der Waals surface area contributed by atoms with E-state index in [4.69, 9.17) is 5.73 Å². The Bertz CT molecular complexity index is 725. The topological polar surface area (TPSA) is 92.1 Å². The maximum absolute atomic E-state index is 13.0. The Labute approximate surface area is 150 Å². The van der Waals surface area contributed by atoms with Crippen LogP contribution < -0.4 is 21.9 Å². The minimum Gasteiger partial charge on any atom is -0.348 e. The molecule has 3 unspecified atom stereocenters. The second kappa shape index (κ2) is 7.57. The van der Waals surface area contributed by atoms with Crippen LogP contribution in [-0.4, -0.2) is 29.0 Å². The summed E-state index contributed by atoms with van der Waals surface area (Å²) in [5.41, 5.74) is 14.0. The lowest BCUT2D eigenvalue weighted by Gasteiger charge is -2.24. The summed E-state index contributed by atoms with van der Waals surface area (Å²) in [6, 6.07) is 5.84. The van der Waals surface area contributed by atoms with E-state index in [1.807, 2.05) is 19.2 Å². The van der Waals surface area contributed by atoms with E-state index in [1.165, 1.54) is 23.5 Å². The molecule has 3 rings (SSSR count). The summed E-state index contributed by atoms with van der Waals surface area (Å²) < 4.78 is 13.0. The second-order valence-electron chi connectivity index (χ2n) is 6.32. The van der Waals surface area contributed by atoms with E-state index in [1.54, 1.807) is 12.1 Å².